The van der Waals surface area contributed by atoms with Crippen molar-refractivity contribution < 1.29 is 86.9 Å². The van der Waals surface area contributed by atoms with Gasteiger partial charge in [-0.15, -0.1) is 0 Å². The van der Waals surface area contributed by atoms with Crippen molar-refractivity contribution in [3.05, 3.63) is 59.7 Å². The van der Waals surface area contributed by atoms with E-state index >= 15 is 0 Å². The summed E-state index contributed by atoms with van der Waals surface area (Å²) in [5.41, 5.74) is -6.12. The van der Waals surface area contributed by atoms with Crippen molar-refractivity contribution in [1.82, 2.24) is 8.61 Å². The summed E-state index contributed by atoms with van der Waals surface area (Å²) < 4.78 is 136. The van der Waals surface area contributed by atoms with Gasteiger partial charge in [-0.1, -0.05) is 38.1 Å². The molecule has 0 saturated carbocycles. The van der Waals surface area contributed by atoms with Crippen molar-refractivity contribution in [2.75, 3.05) is 20.2 Å². The summed E-state index contributed by atoms with van der Waals surface area (Å²) in [6.45, 7) is 7.79. The van der Waals surface area contributed by atoms with Crippen molar-refractivity contribution in [1.29, 1.82) is 0 Å². The molecule has 11 nitrogen and oxygen atoms in total. The molecule has 0 radical (unpaired) electrons. The first-order valence-corrected chi connectivity index (χ1v) is 16.8. The molecule has 0 saturated heterocycles. The molecule has 2 aromatic rings. The van der Waals surface area contributed by atoms with Gasteiger partial charge in [-0.2, -0.15) is 35.0 Å². The molecule has 0 bridgehead atoms. The van der Waals surface area contributed by atoms with Crippen molar-refractivity contribution in [2.24, 2.45) is 0 Å². The van der Waals surface area contributed by atoms with Crippen LogP contribution in [-0.4, -0.2) is 79.2 Å². The van der Waals surface area contributed by atoms with Gasteiger partial charge in [-0.05, 0) is 64.8 Å². The molecule has 2 aromatic carbocycles. The zero-order valence-electron chi connectivity index (χ0n) is 28.2. The molecule has 0 aliphatic carbocycles. The zero-order valence-corrected chi connectivity index (χ0v) is 29.8. The van der Waals surface area contributed by atoms with Crippen LogP contribution in [0.2, 0.25) is 0 Å². The number of benzene rings is 2. The van der Waals surface area contributed by atoms with Gasteiger partial charge >= 0.3 is 43.2 Å². The molecule has 0 aromatic heterocycles. The fourth-order valence-corrected chi connectivity index (χ4v) is 8.45. The van der Waals surface area contributed by atoms with Gasteiger partial charge in [0.2, 0.25) is 20.0 Å². The van der Waals surface area contributed by atoms with E-state index in [1.165, 1.54) is 26.0 Å². The van der Waals surface area contributed by atoms with Crippen LogP contribution in [0.1, 0.15) is 65.5 Å². The summed E-state index contributed by atoms with van der Waals surface area (Å²) in [5, 5.41) is 9.25. The number of carboxylic acids is 1. The van der Waals surface area contributed by atoms with E-state index in [1.54, 1.807) is 13.8 Å². The number of carboxylic acid groups (broad SMARTS) is 1. The second-order valence-corrected chi connectivity index (χ2v) is 14.7. The molecular formula is C29H39F6LiN2O9S2. The number of alkyl halides is 6. The molecule has 274 valence electrons. The van der Waals surface area contributed by atoms with Gasteiger partial charge in [0, 0.05) is 13.1 Å². The van der Waals surface area contributed by atoms with Gasteiger partial charge in [0.15, 0.2) is 0 Å². The van der Waals surface area contributed by atoms with E-state index in [9.17, 15) is 57.9 Å². The van der Waals surface area contributed by atoms with Crippen LogP contribution in [0.15, 0.2) is 58.3 Å². The quantitative estimate of drug-likeness (QED) is 0.195. The average Bonchev–Trinajstić information content (AvgIpc) is 2.97. The minimum Gasteiger partial charge on any atom is -0.870 e. The smallest absolute Gasteiger partial charge is 0.870 e. The first-order valence-electron chi connectivity index (χ1n) is 14.0. The van der Waals surface area contributed by atoms with Crippen LogP contribution in [0.5, 0.6) is 0 Å². The minimum atomic E-state index is -4.87. The summed E-state index contributed by atoms with van der Waals surface area (Å²) in [7, 11) is -8.14. The van der Waals surface area contributed by atoms with Crippen LogP contribution >= 0.6 is 0 Å². The van der Waals surface area contributed by atoms with Crippen LogP contribution in [0, 0.1) is 0 Å². The fraction of sp³-hybridized carbons (Fsp3) is 0.517. The predicted molar refractivity (Wildman–Crippen MR) is 161 cm³/mol. The molecule has 0 amide bonds. The summed E-state index contributed by atoms with van der Waals surface area (Å²) in [6.07, 6.45) is -9.14. The number of esters is 1. The standard InChI is InChI=1S/C15H20F3NO4S.C14H18F3NO4S.Li.H2O/c1-5-10-19(14(2,3)13(20)23-4)24(21,22)12-9-7-6-8-11(12)15(16,17)18;1-4-9-18(13(2,3)12(19)20)23(21,22)11-8-6-5-7-10(11)14(15,16)17;;/h6-9H,5,10H2,1-4H3;5-8H,4,9H2,1-3H3,(H,19,20);;1H2/q;;+1;/p-1. The molecule has 0 atom stereocenters. The van der Waals surface area contributed by atoms with E-state index in [-0.39, 0.29) is 43.8 Å². The van der Waals surface area contributed by atoms with Crippen molar-refractivity contribution in [3.8, 4) is 0 Å². The van der Waals surface area contributed by atoms with Crippen molar-refractivity contribution >= 4 is 32.0 Å². The summed E-state index contributed by atoms with van der Waals surface area (Å²) >= 11 is 0. The Morgan fingerprint density at radius 2 is 1.00 bits per heavy atom. The molecule has 0 aliphatic rings. The maximum absolute atomic E-state index is 13.2. The summed E-state index contributed by atoms with van der Waals surface area (Å²) in [6, 6.07) is 7.63. The van der Waals surface area contributed by atoms with E-state index in [0.717, 1.165) is 49.5 Å². The normalized spacial score (nSPS) is 12.7. The van der Waals surface area contributed by atoms with Crippen LogP contribution in [-0.2, 0) is 46.7 Å². The molecule has 0 aliphatic heterocycles. The van der Waals surface area contributed by atoms with Crippen LogP contribution in [0.4, 0.5) is 26.3 Å². The molecule has 2 N–H and O–H groups in total. The van der Waals surface area contributed by atoms with E-state index in [2.05, 4.69) is 4.74 Å². The number of carbonyl (C=O) groups excluding carboxylic acids is 1. The first-order chi connectivity index (χ1) is 21.3. The molecular weight excluding hydrogens is 705 g/mol. The maximum atomic E-state index is 13.2. The fourth-order valence-electron chi connectivity index (χ4n) is 4.35. The Balaban J connectivity index is 0. The number of nitrogens with zero attached hydrogens (tertiary/aromatic N) is 2. The van der Waals surface area contributed by atoms with E-state index in [4.69, 9.17) is 0 Å². The van der Waals surface area contributed by atoms with Crippen LogP contribution in [0.25, 0.3) is 0 Å². The third-order valence-corrected chi connectivity index (χ3v) is 11.1. The summed E-state index contributed by atoms with van der Waals surface area (Å²) in [5.74, 6) is -2.30. The topological polar surface area (TPSA) is 168 Å². The SMILES string of the molecule is CCCN(C(C)(C)C(=O)O)S(=O)(=O)c1ccccc1C(F)(F)F.CCCN(C(C)(C)C(=O)OC)S(=O)(=O)c1ccccc1C(F)(F)F.[Li+].[OH-]. The Hall–Kier alpha value is -2.66. The third kappa shape index (κ3) is 11.2. The van der Waals surface area contributed by atoms with Crippen molar-refractivity contribution in [3.63, 3.8) is 0 Å². The molecule has 0 fully saturated rings. The Morgan fingerprint density at radius 1 is 0.694 bits per heavy atom. The molecule has 2 rings (SSSR count). The number of hydrogen-bond acceptors (Lipinski definition) is 8. The maximum Gasteiger partial charge on any atom is 1.00 e. The van der Waals surface area contributed by atoms with Gasteiger partial charge in [-0.25, -0.2) is 16.8 Å². The summed E-state index contributed by atoms with van der Waals surface area (Å²) in [4.78, 5) is 21.5. The van der Waals surface area contributed by atoms with E-state index in [1.807, 2.05) is 0 Å². The molecule has 20 heteroatoms. The monoisotopic (exact) mass is 744 g/mol. The second-order valence-electron chi connectivity index (χ2n) is 11.1. The number of aliphatic carboxylic acids is 1. The number of sulfonamides is 2. The largest absolute Gasteiger partial charge is 1.00 e. The van der Waals surface area contributed by atoms with Gasteiger partial charge < -0.3 is 15.3 Å². The van der Waals surface area contributed by atoms with E-state index in [0.29, 0.717) is 22.9 Å². The molecule has 0 heterocycles. The predicted octanol–water partition coefficient (Wildman–Crippen LogP) is 2.85. The number of halogens is 6. The van der Waals surface area contributed by atoms with E-state index < -0.39 is 76.3 Å². The third-order valence-electron chi connectivity index (χ3n) is 6.83. The van der Waals surface area contributed by atoms with Crippen LogP contribution < -0.4 is 18.9 Å². The average molecular weight is 745 g/mol. The van der Waals surface area contributed by atoms with Gasteiger partial charge in [0.1, 0.15) is 11.1 Å². The Labute approximate surface area is 294 Å². The van der Waals surface area contributed by atoms with Crippen molar-refractivity contribution in [2.45, 2.75) is 87.6 Å². The number of ether oxygens (including phenoxy) is 1. The Bertz CT molecular complexity index is 1630. The molecule has 49 heavy (non-hydrogen) atoms. The number of methoxy groups -OCH3 is 1. The van der Waals surface area contributed by atoms with Crippen LogP contribution in [0.3, 0.4) is 0 Å². The zero-order chi connectivity index (χ0) is 36.8. The number of carbonyl (C=O) groups is 2. The first kappa shape index (κ1) is 48.5. The Kier molecular flexibility index (Phi) is 17.8. The van der Waals surface area contributed by atoms with Gasteiger partial charge in [0.05, 0.1) is 28.0 Å². The molecule has 0 unspecified atom stereocenters. The van der Waals surface area contributed by atoms with Gasteiger partial charge in [0.25, 0.3) is 0 Å². The number of rotatable bonds is 12. The van der Waals surface area contributed by atoms with Gasteiger partial charge in [-0.3, -0.25) is 9.59 Å². The number of hydrogen-bond donors (Lipinski definition) is 1. The second kappa shape index (κ2) is 18.0. The molecule has 0 spiro atoms. The Morgan fingerprint density at radius 3 is 1.27 bits per heavy atom. The minimum absolute atomic E-state index is 0.